The van der Waals surface area contributed by atoms with Crippen molar-refractivity contribution in [3.8, 4) is 17.2 Å². The number of nitrogens with two attached hydrogens (primary N) is 1. The number of hydrogen-bond donors (Lipinski definition) is 2. The Hall–Kier alpha value is -4.11. The molecule has 0 spiro atoms. The van der Waals surface area contributed by atoms with E-state index in [0.717, 1.165) is 27.6 Å². The molecule has 0 aliphatic carbocycles. The van der Waals surface area contributed by atoms with E-state index in [-0.39, 0.29) is 17.5 Å². The molecular formula is C26H24N4O2. The summed E-state index contributed by atoms with van der Waals surface area (Å²) in [7, 11) is 0. The van der Waals surface area contributed by atoms with Gasteiger partial charge in [0.05, 0.1) is 34.8 Å². The highest BCUT2D eigenvalue weighted by Gasteiger charge is 2.36. The minimum absolute atomic E-state index is 0.196. The summed E-state index contributed by atoms with van der Waals surface area (Å²) in [5.74, 6) is -1.01. The second-order valence-electron chi connectivity index (χ2n) is 7.99. The molecule has 1 aromatic heterocycles. The molecule has 4 rings (SSSR count). The zero-order valence-corrected chi connectivity index (χ0v) is 18.2. The molecule has 0 fully saturated rings. The molecule has 2 aromatic carbocycles. The maximum atomic E-state index is 13.0. The highest BCUT2D eigenvalue weighted by atomic mass is 16.5. The number of nitrogens with one attached hydrogen (secondary N) is 1. The van der Waals surface area contributed by atoms with E-state index in [1.165, 1.54) is 0 Å². The third-order valence-electron chi connectivity index (χ3n) is 5.45. The van der Waals surface area contributed by atoms with Crippen LogP contribution in [-0.4, -0.2) is 17.1 Å². The van der Waals surface area contributed by atoms with Crippen molar-refractivity contribution in [3.05, 3.63) is 89.0 Å². The number of allylic oxidation sites excluding steroid dienone is 2. The lowest BCUT2D eigenvalue weighted by molar-refractivity contribution is -0.143. The molecule has 160 valence electrons. The first kappa shape index (κ1) is 21.1. The Labute approximate surface area is 187 Å². The smallest absolute Gasteiger partial charge is 0.338 e. The fourth-order valence-corrected chi connectivity index (χ4v) is 4.03. The molecule has 0 amide bonds. The molecule has 6 nitrogen and oxygen atoms in total. The van der Waals surface area contributed by atoms with E-state index in [1.54, 1.807) is 20.8 Å². The van der Waals surface area contributed by atoms with Crippen LogP contribution in [0.15, 0.2) is 83.5 Å². The van der Waals surface area contributed by atoms with Crippen molar-refractivity contribution in [3.63, 3.8) is 0 Å². The number of pyridine rings is 1. The molecule has 0 saturated heterocycles. The lowest BCUT2D eigenvalue weighted by Crippen LogP contribution is -2.34. The normalized spacial score (nSPS) is 16.2. The molecule has 0 unspecified atom stereocenters. The molecule has 0 saturated carbocycles. The average Bonchev–Trinajstić information content (AvgIpc) is 2.78. The van der Waals surface area contributed by atoms with Crippen molar-refractivity contribution in [2.45, 2.75) is 32.8 Å². The number of carbonyl (C=O) groups excluding carboxylic acids is 1. The van der Waals surface area contributed by atoms with E-state index in [0.29, 0.717) is 11.3 Å². The van der Waals surface area contributed by atoms with E-state index in [9.17, 15) is 10.1 Å². The van der Waals surface area contributed by atoms with Crippen LogP contribution in [0.1, 0.15) is 32.3 Å². The summed E-state index contributed by atoms with van der Waals surface area (Å²) in [5.41, 5.74) is 11.1. The maximum Gasteiger partial charge on any atom is 0.338 e. The molecular weight excluding hydrogens is 400 g/mol. The van der Waals surface area contributed by atoms with Crippen LogP contribution in [0.25, 0.3) is 22.0 Å². The number of carbonyl (C=O) groups is 1. The fourth-order valence-electron chi connectivity index (χ4n) is 4.03. The first-order chi connectivity index (χ1) is 15.4. The van der Waals surface area contributed by atoms with Gasteiger partial charge in [-0.05, 0) is 44.0 Å². The van der Waals surface area contributed by atoms with E-state index in [2.05, 4.69) is 16.4 Å². The maximum absolute atomic E-state index is 13.0. The number of nitriles is 1. The third kappa shape index (κ3) is 3.81. The van der Waals surface area contributed by atoms with Gasteiger partial charge >= 0.3 is 5.97 Å². The van der Waals surface area contributed by atoms with Gasteiger partial charge in [-0.1, -0.05) is 42.5 Å². The Balaban J connectivity index is 1.95. The second-order valence-corrected chi connectivity index (χ2v) is 7.99. The van der Waals surface area contributed by atoms with Gasteiger partial charge in [0.25, 0.3) is 0 Å². The zero-order chi connectivity index (χ0) is 22.8. The molecule has 6 heteroatoms. The lowest BCUT2D eigenvalue weighted by Gasteiger charge is -2.29. The van der Waals surface area contributed by atoms with Gasteiger partial charge in [0.1, 0.15) is 5.82 Å². The number of dihydropyridines is 1. The summed E-state index contributed by atoms with van der Waals surface area (Å²) in [5, 5.41) is 13.8. The van der Waals surface area contributed by atoms with Crippen LogP contribution in [0.4, 0.5) is 0 Å². The van der Waals surface area contributed by atoms with Crippen LogP contribution in [0.5, 0.6) is 0 Å². The fraction of sp³-hybridized carbons (Fsp3) is 0.192. The van der Waals surface area contributed by atoms with Gasteiger partial charge in [-0.15, -0.1) is 0 Å². The minimum Gasteiger partial charge on any atom is -0.459 e. The molecule has 3 N–H and O–H groups in total. The van der Waals surface area contributed by atoms with Crippen molar-refractivity contribution < 1.29 is 9.53 Å². The average molecular weight is 425 g/mol. The predicted octanol–water partition coefficient (Wildman–Crippen LogP) is 4.51. The van der Waals surface area contributed by atoms with E-state index >= 15 is 0 Å². The molecule has 0 bridgehead atoms. The number of aromatic nitrogens is 1. The van der Waals surface area contributed by atoms with Gasteiger partial charge in [0.2, 0.25) is 0 Å². The van der Waals surface area contributed by atoms with Crippen LogP contribution < -0.4 is 11.1 Å². The van der Waals surface area contributed by atoms with Gasteiger partial charge < -0.3 is 15.8 Å². The topological polar surface area (TPSA) is 101 Å². The van der Waals surface area contributed by atoms with Gasteiger partial charge in [-0.25, -0.2) is 4.79 Å². The van der Waals surface area contributed by atoms with Crippen molar-refractivity contribution in [1.82, 2.24) is 10.3 Å². The molecule has 2 heterocycles. The van der Waals surface area contributed by atoms with Crippen molar-refractivity contribution in [1.29, 1.82) is 5.26 Å². The monoisotopic (exact) mass is 424 g/mol. The number of fused-ring (bicyclic) bond motifs is 1. The van der Waals surface area contributed by atoms with Crippen LogP contribution in [-0.2, 0) is 9.53 Å². The van der Waals surface area contributed by atoms with Crippen molar-refractivity contribution in [2.24, 2.45) is 5.73 Å². The molecule has 0 radical (unpaired) electrons. The molecule has 1 aliphatic rings. The summed E-state index contributed by atoms with van der Waals surface area (Å²) >= 11 is 0. The first-order valence-electron chi connectivity index (χ1n) is 10.4. The zero-order valence-electron chi connectivity index (χ0n) is 18.2. The van der Waals surface area contributed by atoms with Crippen molar-refractivity contribution in [2.75, 3.05) is 0 Å². The SMILES string of the molecule is CC1=C(C#N)[C@H](c2cccc3ncc(-c4ccccc4)cc23)C(C(=O)OC(C)C)=C(N)N1. The van der Waals surface area contributed by atoms with Crippen LogP contribution in [0.3, 0.4) is 0 Å². The Kier molecular flexibility index (Phi) is 5.65. The van der Waals surface area contributed by atoms with E-state index < -0.39 is 11.9 Å². The predicted molar refractivity (Wildman–Crippen MR) is 124 cm³/mol. The van der Waals surface area contributed by atoms with Crippen molar-refractivity contribution >= 4 is 16.9 Å². The number of esters is 1. The highest BCUT2D eigenvalue weighted by Crippen LogP contribution is 2.40. The number of nitrogens with zero attached hydrogens (tertiary/aromatic N) is 2. The molecule has 1 atom stereocenters. The number of ether oxygens (including phenoxy) is 1. The standard InChI is InChI=1S/C26H24N4O2/c1-15(2)32-26(31)24-23(21(13-27)16(3)30-25(24)28)19-10-7-11-22-20(19)12-18(14-29-22)17-8-5-4-6-9-17/h4-12,14-15,23,30H,28H2,1-3H3/t23-/m0/s1. The second kappa shape index (κ2) is 8.56. The Morgan fingerprint density at radius 3 is 2.59 bits per heavy atom. The van der Waals surface area contributed by atoms with Crippen LogP contribution >= 0.6 is 0 Å². The Morgan fingerprint density at radius 1 is 1.16 bits per heavy atom. The minimum atomic E-state index is -0.663. The summed E-state index contributed by atoms with van der Waals surface area (Å²) in [4.78, 5) is 17.7. The third-order valence-corrected chi connectivity index (χ3v) is 5.45. The highest BCUT2D eigenvalue weighted by molar-refractivity contribution is 5.96. The lowest BCUT2D eigenvalue weighted by atomic mass is 9.80. The Morgan fingerprint density at radius 2 is 1.91 bits per heavy atom. The van der Waals surface area contributed by atoms with Crippen LogP contribution in [0.2, 0.25) is 0 Å². The van der Waals surface area contributed by atoms with Gasteiger partial charge in [0, 0.05) is 22.8 Å². The Bertz CT molecular complexity index is 1300. The largest absolute Gasteiger partial charge is 0.459 e. The van der Waals surface area contributed by atoms with Gasteiger partial charge in [-0.3, -0.25) is 4.98 Å². The number of rotatable bonds is 4. The number of benzene rings is 2. The van der Waals surface area contributed by atoms with Gasteiger partial charge in [-0.2, -0.15) is 5.26 Å². The summed E-state index contributed by atoms with van der Waals surface area (Å²) in [6.07, 6.45) is 1.51. The molecule has 3 aromatic rings. The quantitative estimate of drug-likeness (QED) is 0.598. The summed E-state index contributed by atoms with van der Waals surface area (Å²) in [6, 6.07) is 20.0. The summed E-state index contributed by atoms with van der Waals surface area (Å²) in [6.45, 7) is 5.34. The van der Waals surface area contributed by atoms with E-state index in [4.69, 9.17) is 10.5 Å². The molecule has 32 heavy (non-hydrogen) atoms. The van der Waals surface area contributed by atoms with E-state index in [1.807, 2.05) is 60.8 Å². The van der Waals surface area contributed by atoms with Crippen LogP contribution in [0, 0.1) is 11.3 Å². The number of hydrogen-bond acceptors (Lipinski definition) is 6. The first-order valence-corrected chi connectivity index (χ1v) is 10.4. The van der Waals surface area contributed by atoms with Gasteiger partial charge in [0.15, 0.2) is 0 Å². The molecule has 1 aliphatic heterocycles. The summed E-state index contributed by atoms with van der Waals surface area (Å²) < 4.78 is 5.48.